The average molecular weight is 441 g/mol. The van der Waals surface area contributed by atoms with Crippen LogP contribution in [0.25, 0.3) is 12.0 Å². The van der Waals surface area contributed by atoms with Gasteiger partial charge in [0, 0.05) is 37.6 Å². The van der Waals surface area contributed by atoms with Gasteiger partial charge < -0.3 is 26.3 Å². The van der Waals surface area contributed by atoms with Crippen LogP contribution in [0.15, 0.2) is 27.9 Å². The molecule has 0 aromatic carbocycles. The normalized spacial score (nSPS) is 22.5. The zero-order valence-corrected chi connectivity index (χ0v) is 18.0. The summed E-state index contributed by atoms with van der Waals surface area (Å²) in [6.07, 6.45) is 6.82. The molecule has 2 fully saturated rings. The van der Waals surface area contributed by atoms with Gasteiger partial charge in [0.2, 0.25) is 5.88 Å². The summed E-state index contributed by atoms with van der Waals surface area (Å²) in [5.74, 6) is -0.0211. The minimum absolute atomic E-state index is 0.0935. The minimum Gasteiger partial charge on any atom is -0.494 e. The van der Waals surface area contributed by atoms with E-state index in [9.17, 15) is 14.7 Å². The van der Waals surface area contributed by atoms with Gasteiger partial charge >= 0.3 is 0 Å². The Morgan fingerprint density at radius 1 is 1.34 bits per heavy atom. The van der Waals surface area contributed by atoms with E-state index in [1.54, 1.807) is 16.8 Å². The molecule has 2 aliphatic heterocycles. The highest BCUT2D eigenvalue weighted by atomic mass is 16.5. The number of nitrogen functional groups attached to an aromatic ring is 1. The molecular weight excluding hydrogens is 412 g/mol. The standard InChI is InChI=1S/C22H28N6O4/c1-22(6-9-32-10-7-22)12-27-16-11-15(14-3-2-8-24-18(14)23)26-28(16)21(31)17(20(27)30)19(29)25-13-4-5-13/h2-3,8,11,13,15,25-26,29H,4-7,9-10,12H2,1H3,(H2,23,24). The van der Waals surface area contributed by atoms with Crippen molar-refractivity contribution in [1.82, 2.24) is 19.5 Å². The lowest BCUT2D eigenvalue weighted by atomic mass is 9.82. The molecule has 5 N–H and O–H groups in total. The van der Waals surface area contributed by atoms with Crippen LogP contribution >= 0.6 is 0 Å². The Morgan fingerprint density at radius 2 is 2.09 bits per heavy atom. The molecule has 32 heavy (non-hydrogen) atoms. The summed E-state index contributed by atoms with van der Waals surface area (Å²) in [5.41, 5.74) is 9.08. The number of fused-ring (bicyclic) bond motifs is 1. The van der Waals surface area contributed by atoms with E-state index in [-0.39, 0.29) is 22.6 Å². The molecular formula is C22H28N6O4. The van der Waals surface area contributed by atoms with Crippen LogP contribution in [0.1, 0.15) is 44.2 Å². The van der Waals surface area contributed by atoms with Crippen molar-refractivity contribution in [1.29, 1.82) is 0 Å². The second-order valence-electron chi connectivity index (χ2n) is 9.21. The second-order valence-corrected chi connectivity index (χ2v) is 9.21. The van der Waals surface area contributed by atoms with Crippen molar-refractivity contribution >= 4 is 17.8 Å². The number of ether oxygens (including phenoxy) is 1. The first-order chi connectivity index (χ1) is 15.4. The molecule has 0 amide bonds. The number of anilines is 1. The predicted octanol–water partition coefficient (Wildman–Crippen LogP) is -0.741. The lowest BCUT2D eigenvalue weighted by molar-refractivity contribution is 0.0143. The first-order valence-electron chi connectivity index (χ1n) is 11.0. The van der Waals surface area contributed by atoms with Gasteiger partial charge in [-0.15, -0.1) is 0 Å². The highest BCUT2D eigenvalue weighted by Crippen LogP contribution is 2.31. The van der Waals surface area contributed by atoms with E-state index in [2.05, 4.69) is 22.7 Å². The van der Waals surface area contributed by atoms with Gasteiger partial charge in [0.1, 0.15) is 11.3 Å². The molecule has 2 aromatic rings. The van der Waals surface area contributed by atoms with Crippen molar-refractivity contribution < 1.29 is 9.84 Å². The Hall–Kier alpha value is -3.27. The maximum absolute atomic E-state index is 13.5. The first-order valence-corrected chi connectivity index (χ1v) is 11.0. The number of nitrogens with zero attached hydrogens (tertiary/aromatic N) is 3. The number of hydrogen-bond donors (Lipinski definition) is 4. The Kier molecular flexibility index (Phi) is 4.96. The molecule has 170 valence electrons. The van der Waals surface area contributed by atoms with E-state index >= 15 is 0 Å². The van der Waals surface area contributed by atoms with Crippen LogP contribution in [-0.4, -0.2) is 38.6 Å². The molecule has 1 atom stereocenters. The third-order valence-corrected chi connectivity index (χ3v) is 6.57. The molecule has 1 saturated carbocycles. The van der Waals surface area contributed by atoms with Crippen LogP contribution in [0.3, 0.4) is 0 Å². The van der Waals surface area contributed by atoms with Gasteiger partial charge in [-0.05, 0) is 43.2 Å². The zero-order valence-electron chi connectivity index (χ0n) is 18.0. The van der Waals surface area contributed by atoms with Gasteiger partial charge in [-0.1, -0.05) is 13.0 Å². The molecule has 10 heteroatoms. The average Bonchev–Trinajstić information content (AvgIpc) is 3.46. The van der Waals surface area contributed by atoms with Crippen molar-refractivity contribution in [2.24, 2.45) is 5.41 Å². The van der Waals surface area contributed by atoms with E-state index in [0.29, 0.717) is 36.6 Å². The third kappa shape index (κ3) is 3.64. The van der Waals surface area contributed by atoms with E-state index in [0.717, 1.165) is 25.7 Å². The van der Waals surface area contributed by atoms with Crippen molar-refractivity contribution in [2.45, 2.75) is 51.2 Å². The number of aliphatic hydroxyl groups is 1. The van der Waals surface area contributed by atoms with Crippen LogP contribution in [0.4, 0.5) is 5.82 Å². The summed E-state index contributed by atoms with van der Waals surface area (Å²) in [4.78, 5) is 31.0. The van der Waals surface area contributed by atoms with Gasteiger partial charge in [0.05, 0.1) is 6.04 Å². The van der Waals surface area contributed by atoms with Crippen molar-refractivity contribution in [3.8, 4) is 0 Å². The number of nitrogens with two attached hydrogens (primary N) is 1. The Bertz CT molecular complexity index is 1290. The molecule has 0 spiro atoms. The Morgan fingerprint density at radius 3 is 2.78 bits per heavy atom. The number of rotatable bonds is 5. The molecule has 10 nitrogen and oxygen atoms in total. The monoisotopic (exact) mass is 440 g/mol. The molecule has 5 rings (SSSR count). The molecule has 2 aromatic heterocycles. The van der Waals surface area contributed by atoms with Crippen LogP contribution in [0, 0.1) is 5.41 Å². The number of aliphatic hydroxyl groups excluding tert-OH is 1. The Balaban J connectivity index is 1.69. The van der Waals surface area contributed by atoms with Gasteiger partial charge in [-0.3, -0.25) is 14.2 Å². The molecule has 0 bridgehead atoms. The summed E-state index contributed by atoms with van der Waals surface area (Å²) in [6.45, 7) is 3.78. The van der Waals surface area contributed by atoms with Crippen LogP contribution < -0.4 is 38.3 Å². The quantitative estimate of drug-likeness (QED) is 0.477. The smallest absolute Gasteiger partial charge is 0.289 e. The zero-order chi connectivity index (χ0) is 22.5. The summed E-state index contributed by atoms with van der Waals surface area (Å²) < 4.78 is 8.43. The molecule has 0 radical (unpaired) electrons. The van der Waals surface area contributed by atoms with Gasteiger partial charge in [0.15, 0.2) is 5.22 Å². The van der Waals surface area contributed by atoms with Crippen molar-refractivity contribution in [3.05, 3.63) is 55.3 Å². The fourth-order valence-corrected chi connectivity index (χ4v) is 4.39. The molecule has 4 heterocycles. The van der Waals surface area contributed by atoms with Crippen molar-refractivity contribution in [3.63, 3.8) is 0 Å². The first kappa shape index (κ1) is 20.6. The number of aromatic nitrogens is 3. The van der Waals surface area contributed by atoms with Crippen LogP contribution in [0.5, 0.6) is 0 Å². The Labute approximate surface area is 184 Å². The predicted molar refractivity (Wildman–Crippen MR) is 120 cm³/mol. The third-order valence-electron chi connectivity index (χ3n) is 6.57. The van der Waals surface area contributed by atoms with Crippen LogP contribution in [0.2, 0.25) is 0 Å². The highest BCUT2D eigenvalue weighted by Gasteiger charge is 2.32. The molecule has 1 unspecified atom stereocenters. The maximum atomic E-state index is 13.5. The van der Waals surface area contributed by atoms with Crippen LogP contribution in [-0.2, 0) is 11.3 Å². The van der Waals surface area contributed by atoms with Gasteiger partial charge in [0.25, 0.3) is 11.1 Å². The highest BCUT2D eigenvalue weighted by molar-refractivity contribution is 5.52. The maximum Gasteiger partial charge on any atom is 0.289 e. The lowest BCUT2D eigenvalue weighted by Crippen LogP contribution is -2.61. The number of nitrogens with one attached hydrogen (secondary N) is 2. The fraction of sp³-hybridized carbons (Fsp3) is 0.500. The van der Waals surface area contributed by atoms with E-state index in [4.69, 9.17) is 10.5 Å². The second kappa shape index (κ2) is 7.70. The fourth-order valence-electron chi connectivity index (χ4n) is 4.39. The topological polar surface area (TPSA) is 136 Å². The van der Waals surface area contributed by atoms with Gasteiger partial charge in [-0.25, -0.2) is 9.66 Å². The van der Waals surface area contributed by atoms with E-state index < -0.39 is 17.2 Å². The van der Waals surface area contributed by atoms with E-state index in [1.807, 2.05) is 12.1 Å². The SMILES string of the molecule is CC1(Cn2c(=O)c(=C(O)NC3CC3)c(=O)n3c2=CC(c2cccnc2N)N3)CCOCC1. The van der Waals surface area contributed by atoms with E-state index in [1.165, 1.54) is 4.68 Å². The summed E-state index contributed by atoms with van der Waals surface area (Å²) >= 11 is 0. The largest absolute Gasteiger partial charge is 0.494 e. The summed E-state index contributed by atoms with van der Waals surface area (Å²) in [7, 11) is 0. The lowest BCUT2D eigenvalue weighted by Gasteiger charge is -2.34. The number of pyridine rings is 1. The minimum atomic E-state index is -0.592. The molecule has 1 aliphatic carbocycles. The molecule has 3 aliphatic rings. The summed E-state index contributed by atoms with van der Waals surface area (Å²) in [5, 5.41) is 13.3. The molecule has 1 saturated heterocycles. The summed E-state index contributed by atoms with van der Waals surface area (Å²) in [6, 6.07) is 3.26. The van der Waals surface area contributed by atoms with Gasteiger partial charge in [-0.2, -0.15) is 0 Å². The van der Waals surface area contributed by atoms with Crippen molar-refractivity contribution in [2.75, 3.05) is 24.4 Å². The number of hydrogen-bond acceptors (Lipinski definition) is 8.